The maximum Gasteiger partial charge on any atom is 0.238 e. The van der Waals surface area contributed by atoms with Crippen LogP contribution in [0.2, 0.25) is 0 Å². The van der Waals surface area contributed by atoms with E-state index in [1.165, 1.54) is 0 Å². The van der Waals surface area contributed by atoms with E-state index >= 15 is 0 Å². The maximum absolute atomic E-state index is 10.8. The minimum absolute atomic E-state index is 0.280. The van der Waals surface area contributed by atoms with Crippen molar-refractivity contribution in [2.45, 2.75) is 5.75 Å². The number of imidazole rings is 1. The van der Waals surface area contributed by atoms with Crippen LogP contribution in [0, 0.1) is 0 Å². The molecule has 0 radical (unpaired) electrons. The Balaban J connectivity index is 2.44. The minimum atomic E-state index is -3.56. The molecule has 0 fully saturated rings. The van der Waals surface area contributed by atoms with Crippen molar-refractivity contribution in [2.24, 2.45) is 0 Å². The van der Waals surface area contributed by atoms with E-state index in [1.807, 2.05) is 0 Å². The molecule has 0 bridgehead atoms. The Labute approximate surface area is 84.8 Å². The number of aromatic nitrogens is 3. The van der Waals surface area contributed by atoms with Gasteiger partial charge in [0.1, 0.15) is 5.75 Å². The largest absolute Gasteiger partial charge is 0.291 e. The van der Waals surface area contributed by atoms with Gasteiger partial charge in [-0.1, -0.05) is 0 Å². The summed E-state index contributed by atoms with van der Waals surface area (Å²) >= 11 is 0. The number of fused-ring (bicyclic) bond motifs is 1. The summed E-state index contributed by atoms with van der Waals surface area (Å²) in [6, 6.07) is 1.59. The second-order valence-corrected chi connectivity index (χ2v) is 5.51. The zero-order valence-corrected chi connectivity index (χ0v) is 8.53. The Morgan fingerprint density at radius 3 is 2.93 bits per heavy atom. The lowest BCUT2D eigenvalue weighted by Crippen LogP contribution is -1.99. The van der Waals surface area contributed by atoms with Crippen LogP contribution in [0.25, 0.3) is 5.78 Å². The van der Waals surface area contributed by atoms with E-state index < -0.39 is 9.05 Å². The molecule has 2 heterocycles. The molecule has 14 heavy (non-hydrogen) atoms. The molecule has 0 unspecified atom stereocenters. The normalized spacial score (nSPS) is 12.1. The van der Waals surface area contributed by atoms with Gasteiger partial charge < -0.3 is 0 Å². The molecule has 0 amide bonds. The monoisotopic (exact) mass is 231 g/mol. The number of rotatable bonds is 2. The Hall–Kier alpha value is -1.14. The standard InChI is InChI=1S/C7H6ClN3O2S/c8-14(12,13)5-6-1-3-11-4-2-9-7(11)10-6/h1-4H,5H2. The quantitative estimate of drug-likeness (QED) is 0.717. The molecule has 0 atom stereocenters. The number of halogens is 1. The molecule has 0 saturated heterocycles. The molecular weight excluding hydrogens is 226 g/mol. The van der Waals surface area contributed by atoms with Gasteiger partial charge in [-0.05, 0) is 6.07 Å². The van der Waals surface area contributed by atoms with Crippen LogP contribution in [-0.2, 0) is 14.8 Å². The van der Waals surface area contributed by atoms with Crippen LogP contribution in [-0.4, -0.2) is 22.8 Å². The van der Waals surface area contributed by atoms with Gasteiger partial charge in [0, 0.05) is 29.3 Å². The van der Waals surface area contributed by atoms with Crippen molar-refractivity contribution in [2.75, 3.05) is 0 Å². The van der Waals surface area contributed by atoms with Crippen molar-refractivity contribution in [3.8, 4) is 0 Å². The van der Waals surface area contributed by atoms with Crippen LogP contribution in [0.3, 0.4) is 0 Å². The van der Waals surface area contributed by atoms with E-state index in [4.69, 9.17) is 10.7 Å². The van der Waals surface area contributed by atoms with E-state index in [1.54, 1.807) is 29.1 Å². The average Bonchev–Trinajstić information content (AvgIpc) is 2.47. The fraction of sp³-hybridized carbons (Fsp3) is 0.143. The lowest BCUT2D eigenvalue weighted by Gasteiger charge is -1.97. The second kappa shape index (κ2) is 3.21. The third-order valence-electron chi connectivity index (χ3n) is 1.64. The predicted molar refractivity (Wildman–Crippen MR) is 51.5 cm³/mol. The molecule has 5 nitrogen and oxygen atoms in total. The molecule has 0 N–H and O–H groups in total. The summed E-state index contributed by atoms with van der Waals surface area (Å²) in [6.07, 6.45) is 5.00. The highest BCUT2D eigenvalue weighted by Crippen LogP contribution is 2.07. The van der Waals surface area contributed by atoms with Crippen molar-refractivity contribution in [1.82, 2.24) is 14.4 Å². The summed E-state index contributed by atoms with van der Waals surface area (Å²) in [5.74, 6) is 0.181. The second-order valence-electron chi connectivity index (χ2n) is 2.74. The molecule has 0 saturated carbocycles. The molecule has 2 rings (SSSR count). The Morgan fingerprint density at radius 1 is 1.43 bits per heavy atom. The first-order chi connectivity index (χ1) is 6.54. The van der Waals surface area contributed by atoms with Gasteiger partial charge in [0.15, 0.2) is 0 Å². The topological polar surface area (TPSA) is 64.3 Å². The molecule has 2 aromatic rings. The summed E-state index contributed by atoms with van der Waals surface area (Å²) < 4.78 is 23.2. The van der Waals surface area contributed by atoms with Crippen LogP contribution >= 0.6 is 10.7 Å². The molecule has 7 heteroatoms. The zero-order chi connectivity index (χ0) is 10.2. The van der Waals surface area contributed by atoms with Gasteiger partial charge in [-0.25, -0.2) is 18.4 Å². The van der Waals surface area contributed by atoms with Gasteiger partial charge in [-0.3, -0.25) is 4.40 Å². The maximum atomic E-state index is 10.8. The van der Waals surface area contributed by atoms with E-state index in [9.17, 15) is 8.42 Å². The summed E-state index contributed by atoms with van der Waals surface area (Å²) in [5.41, 5.74) is 0.388. The third-order valence-corrected chi connectivity index (χ3v) is 2.61. The zero-order valence-electron chi connectivity index (χ0n) is 6.96. The minimum Gasteiger partial charge on any atom is -0.291 e. The SMILES string of the molecule is O=S(=O)(Cl)Cc1ccn2ccnc2n1. The highest BCUT2D eigenvalue weighted by Gasteiger charge is 2.08. The van der Waals surface area contributed by atoms with E-state index in [-0.39, 0.29) is 5.75 Å². The van der Waals surface area contributed by atoms with E-state index in [2.05, 4.69) is 9.97 Å². The van der Waals surface area contributed by atoms with Gasteiger partial charge in [0.2, 0.25) is 14.8 Å². The summed E-state index contributed by atoms with van der Waals surface area (Å²) in [4.78, 5) is 7.93. The average molecular weight is 232 g/mol. The van der Waals surface area contributed by atoms with Crippen molar-refractivity contribution in [1.29, 1.82) is 0 Å². The first kappa shape index (κ1) is 9.42. The summed E-state index contributed by atoms with van der Waals surface area (Å²) in [7, 11) is 1.54. The lowest BCUT2D eigenvalue weighted by atomic mass is 10.5. The summed E-state index contributed by atoms with van der Waals surface area (Å²) in [6.45, 7) is 0. The molecule has 0 aliphatic heterocycles. The lowest BCUT2D eigenvalue weighted by molar-refractivity contribution is 0.608. The van der Waals surface area contributed by atoms with Gasteiger partial charge in [0.25, 0.3) is 0 Å². The smallest absolute Gasteiger partial charge is 0.238 e. The molecular formula is C7H6ClN3O2S. The highest BCUT2D eigenvalue weighted by atomic mass is 35.7. The number of nitrogens with zero attached hydrogens (tertiary/aromatic N) is 3. The Bertz CT molecular complexity index is 563. The number of hydrogen-bond donors (Lipinski definition) is 0. The molecule has 74 valence electrons. The van der Waals surface area contributed by atoms with E-state index in [0.29, 0.717) is 11.5 Å². The van der Waals surface area contributed by atoms with Crippen molar-refractivity contribution < 1.29 is 8.42 Å². The van der Waals surface area contributed by atoms with Crippen LogP contribution in [0.5, 0.6) is 0 Å². The van der Waals surface area contributed by atoms with E-state index in [0.717, 1.165) is 0 Å². The number of hydrogen-bond acceptors (Lipinski definition) is 4. The van der Waals surface area contributed by atoms with Gasteiger partial charge in [0.05, 0.1) is 5.69 Å². The molecule has 0 aromatic carbocycles. The van der Waals surface area contributed by atoms with Crippen LogP contribution < -0.4 is 0 Å². The Kier molecular flexibility index (Phi) is 2.16. The third kappa shape index (κ3) is 2.02. The van der Waals surface area contributed by atoms with Gasteiger partial charge >= 0.3 is 0 Å². The highest BCUT2D eigenvalue weighted by molar-refractivity contribution is 8.13. The van der Waals surface area contributed by atoms with Crippen molar-refractivity contribution >= 4 is 25.5 Å². The molecule has 2 aromatic heterocycles. The van der Waals surface area contributed by atoms with Crippen molar-refractivity contribution in [3.63, 3.8) is 0 Å². The van der Waals surface area contributed by atoms with Crippen LogP contribution in [0.1, 0.15) is 5.69 Å². The Morgan fingerprint density at radius 2 is 2.21 bits per heavy atom. The van der Waals surface area contributed by atoms with Gasteiger partial charge in [-0.2, -0.15) is 0 Å². The van der Waals surface area contributed by atoms with Crippen molar-refractivity contribution in [3.05, 3.63) is 30.4 Å². The van der Waals surface area contributed by atoms with Crippen LogP contribution in [0.4, 0.5) is 0 Å². The first-order valence-corrected chi connectivity index (χ1v) is 6.23. The summed E-state index contributed by atoms with van der Waals surface area (Å²) in [5, 5.41) is 0. The van der Waals surface area contributed by atoms with Gasteiger partial charge in [-0.15, -0.1) is 0 Å². The molecule has 0 aliphatic carbocycles. The first-order valence-electron chi connectivity index (χ1n) is 3.75. The molecule has 0 spiro atoms. The van der Waals surface area contributed by atoms with Crippen LogP contribution in [0.15, 0.2) is 24.7 Å². The fourth-order valence-electron chi connectivity index (χ4n) is 1.10. The molecule has 0 aliphatic rings. The fourth-order valence-corrected chi connectivity index (χ4v) is 1.95. The predicted octanol–water partition coefficient (Wildman–Crippen LogP) is 0.798.